The predicted octanol–water partition coefficient (Wildman–Crippen LogP) is 0.377. The van der Waals surface area contributed by atoms with Gasteiger partial charge in [0.15, 0.2) is 0 Å². The number of aromatic amines is 1. The van der Waals surface area contributed by atoms with Crippen LogP contribution in [0.5, 0.6) is 5.88 Å². The van der Waals surface area contributed by atoms with Crippen molar-refractivity contribution in [2.24, 2.45) is 7.05 Å². The fraction of sp³-hybridized carbons (Fsp3) is 0.0909. The third-order valence-corrected chi connectivity index (χ3v) is 2.52. The van der Waals surface area contributed by atoms with Crippen LogP contribution in [0.25, 0.3) is 6.08 Å². The Morgan fingerprint density at radius 2 is 1.94 bits per heavy atom. The molecule has 1 aromatic rings. The third kappa shape index (κ3) is 2.05. The number of rotatable bonds is 1. The number of hydrogen-bond acceptors (Lipinski definition) is 4. The van der Waals surface area contributed by atoms with Crippen molar-refractivity contribution in [3.8, 4) is 5.88 Å². The first-order chi connectivity index (χ1) is 8.49. The van der Waals surface area contributed by atoms with E-state index < -0.39 is 10.6 Å². The largest absolute Gasteiger partial charge is 0.612 e. The average molecular weight is 248 g/mol. The summed E-state index contributed by atoms with van der Waals surface area (Å²) in [5.41, 5.74) is 0.452. The molecule has 18 heavy (non-hydrogen) atoms. The number of H-pyrrole nitrogens is 1. The van der Waals surface area contributed by atoms with Gasteiger partial charge in [-0.2, -0.15) is 4.90 Å². The minimum atomic E-state index is -0.494. The van der Waals surface area contributed by atoms with Gasteiger partial charge in [-0.05, 0) is 23.8 Å². The Labute approximate surface area is 101 Å². The van der Waals surface area contributed by atoms with E-state index in [-0.39, 0.29) is 17.3 Å². The summed E-state index contributed by atoms with van der Waals surface area (Å²) >= 11 is 0. The third-order valence-electron chi connectivity index (χ3n) is 2.52. The van der Waals surface area contributed by atoms with Crippen LogP contribution in [0.3, 0.4) is 0 Å². The van der Waals surface area contributed by atoms with E-state index in [0.717, 1.165) is 4.57 Å². The van der Waals surface area contributed by atoms with Crippen molar-refractivity contribution in [3.63, 3.8) is 0 Å². The molecule has 0 spiro atoms. The molecule has 7 nitrogen and oxygen atoms in total. The maximum Gasteiger partial charge on any atom is 0.328 e. The van der Waals surface area contributed by atoms with Crippen molar-refractivity contribution in [1.29, 1.82) is 0 Å². The molecule has 0 amide bonds. The second kappa shape index (κ2) is 4.28. The molecule has 0 bridgehead atoms. The van der Waals surface area contributed by atoms with Gasteiger partial charge >= 0.3 is 5.69 Å². The topological polar surface area (TPSA) is 107 Å². The Kier molecular flexibility index (Phi) is 2.80. The van der Waals surface area contributed by atoms with E-state index in [4.69, 9.17) is 0 Å². The highest BCUT2D eigenvalue weighted by Gasteiger charge is 2.09. The lowest BCUT2D eigenvalue weighted by Gasteiger charge is -2.07. The van der Waals surface area contributed by atoms with Gasteiger partial charge in [-0.3, -0.25) is 4.57 Å². The predicted molar refractivity (Wildman–Crippen MR) is 66.0 cm³/mol. The van der Waals surface area contributed by atoms with E-state index >= 15 is 0 Å². The number of hydrogen-bond donors (Lipinski definition) is 2. The lowest BCUT2D eigenvalue weighted by atomic mass is 10.1. The van der Waals surface area contributed by atoms with Crippen LogP contribution in [0.15, 0.2) is 34.7 Å². The maximum absolute atomic E-state index is 11.2. The highest BCUT2D eigenvalue weighted by atomic mass is 16.8. The fourth-order valence-corrected chi connectivity index (χ4v) is 1.49. The highest BCUT2D eigenvalue weighted by molar-refractivity contribution is 6.02. The zero-order chi connectivity index (χ0) is 13.3. The second-order valence-electron chi connectivity index (χ2n) is 3.72. The molecule has 94 valence electrons. The Morgan fingerprint density at radius 1 is 1.33 bits per heavy atom. The number of nitrogens with zero attached hydrogens (tertiary/aromatic N) is 2. The van der Waals surface area contributed by atoms with Crippen LogP contribution in [-0.4, -0.2) is 25.3 Å². The van der Waals surface area contributed by atoms with Gasteiger partial charge in [0.1, 0.15) is 5.69 Å². The number of aromatic hydroxyl groups is 1. The van der Waals surface area contributed by atoms with Crippen LogP contribution < -0.4 is 5.69 Å². The molecule has 0 aliphatic heterocycles. The molecule has 0 saturated heterocycles. The number of allylic oxidation sites excluding steroid dienone is 5. The van der Waals surface area contributed by atoms with Gasteiger partial charge in [-0.25, -0.2) is 4.79 Å². The lowest BCUT2D eigenvalue weighted by Crippen LogP contribution is -2.11. The molecule has 0 atom stereocenters. The van der Waals surface area contributed by atoms with Gasteiger partial charge in [0.05, 0.1) is 0 Å². The first-order valence-corrected chi connectivity index (χ1v) is 5.06. The van der Waals surface area contributed by atoms with Gasteiger partial charge in [-0.15, -0.1) is 0 Å². The van der Waals surface area contributed by atoms with Crippen molar-refractivity contribution in [3.05, 3.63) is 56.5 Å². The van der Waals surface area contributed by atoms with Gasteiger partial charge in [0.2, 0.25) is 11.6 Å². The zero-order valence-corrected chi connectivity index (χ0v) is 9.45. The molecular weight excluding hydrogens is 238 g/mol. The molecule has 1 aromatic heterocycles. The molecular formula is C11H10N3O4-. The van der Waals surface area contributed by atoms with Crippen LogP contribution in [0, 0.1) is 10.4 Å². The van der Waals surface area contributed by atoms with E-state index in [1.54, 1.807) is 0 Å². The summed E-state index contributed by atoms with van der Waals surface area (Å²) in [6.45, 7) is 0. The monoisotopic (exact) mass is 248 g/mol. The van der Waals surface area contributed by atoms with Crippen molar-refractivity contribution in [2.45, 2.75) is 0 Å². The zero-order valence-electron chi connectivity index (χ0n) is 9.45. The maximum atomic E-state index is 11.2. The molecule has 0 fully saturated rings. The number of imidazole rings is 1. The van der Waals surface area contributed by atoms with E-state index in [9.17, 15) is 20.3 Å². The minimum absolute atomic E-state index is 0.0158. The summed E-state index contributed by atoms with van der Waals surface area (Å²) in [5, 5.41) is 30.6. The van der Waals surface area contributed by atoms with Crippen molar-refractivity contribution < 1.29 is 10.0 Å². The molecule has 7 heteroatoms. The van der Waals surface area contributed by atoms with Gasteiger partial charge in [-0.1, -0.05) is 0 Å². The molecule has 1 aliphatic carbocycles. The molecule has 1 aliphatic rings. The molecule has 2 rings (SSSR count). The number of nitrogens with one attached hydrogen (secondary N) is 1. The van der Waals surface area contributed by atoms with Gasteiger partial charge in [0, 0.05) is 19.2 Å². The average Bonchev–Trinajstić information content (AvgIpc) is 2.58. The molecule has 0 aromatic carbocycles. The van der Waals surface area contributed by atoms with Gasteiger partial charge < -0.3 is 20.5 Å². The normalized spacial score (nSPS) is 14.1. The minimum Gasteiger partial charge on any atom is -0.612 e. The van der Waals surface area contributed by atoms with E-state index in [0.29, 0.717) is 5.57 Å². The van der Waals surface area contributed by atoms with Crippen LogP contribution in [0.2, 0.25) is 0 Å². The van der Waals surface area contributed by atoms with E-state index in [2.05, 4.69) is 4.98 Å². The summed E-state index contributed by atoms with van der Waals surface area (Å²) in [6, 6.07) is 0. The van der Waals surface area contributed by atoms with E-state index in [1.807, 2.05) is 0 Å². The fourth-order valence-electron chi connectivity index (χ4n) is 1.49. The second-order valence-corrected chi connectivity index (χ2v) is 3.72. The molecule has 2 N–H and O–H groups in total. The Hall–Kier alpha value is -2.70. The highest BCUT2D eigenvalue weighted by Crippen LogP contribution is 2.17. The summed E-state index contributed by atoms with van der Waals surface area (Å²) < 4.78 is 1.07. The SMILES string of the molecule is Cn1c(O)c(C=C2C=CC(=[N+]([O-])[O-])C=C2)[nH]c1=O. The summed E-state index contributed by atoms with van der Waals surface area (Å²) in [7, 11) is 1.43. The molecule has 1 heterocycles. The Bertz CT molecular complexity index is 636. The summed E-state index contributed by atoms with van der Waals surface area (Å²) in [5.74, 6) is -0.182. The molecule has 0 unspecified atom stereocenters. The van der Waals surface area contributed by atoms with Crippen molar-refractivity contribution >= 4 is 11.8 Å². The first-order valence-electron chi connectivity index (χ1n) is 5.06. The standard InChI is InChI=1S/C11H10N3O4/c1-13-10(15)9(12-11(13)16)6-7-2-4-8(5-3-7)14(17)18/h2-6H,1H3,(H2-,12,15,16,17,18)/q-1. The van der Waals surface area contributed by atoms with Crippen molar-refractivity contribution in [2.75, 3.05) is 0 Å². The van der Waals surface area contributed by atoms with Crippen LogP contribution in [0.4, 0.5) is 0 Å². The number of aromatic nitrogens is 2. The van der Waals surface area contributed by atoms with Crippen LogP contribution >= 0.6 is 0 Å². The molecule has 0 saturated carbocycles. The Balaban J connectivity index is 2.35. The summed E-state index contributed by atoms with van der Waals surface area (Å²) in [4.78, 5) is 13.2. The smallest absolute Gasteiger partial charge is 0.328 e. The first kappa shape index (κ1) is 11.8. The summed E-state index contributed by atoms with van der Waals surface area (Å²) in [6.07, 6.45) is 7.29. The molecule has 0 radical (unpaired) electrons. The van der Waals surface area contributed by atoms with Crippen LogP contribution in [-0.2, 0) is 7.05 Å². The van der Waals surface area contributed by atoms with Crippen LogP contribution in [0.1, 0.15) is 5.69 Å². The lowest BCUT2D eigenvalue weighted by molar-refractivity contribution is -0.377. The quantitative estimate of drug-likeness (QED) is 0.553. The van der Waals surface area contributed by atoms with Gasteiger partial charge in [0.25, 0.3) is 0 Å². The van der Waals surface area contributed by atoms with E-state index in [1.165, 1.54) is 37.4 Å². The Morgan fingerprint density at radius 3 is 2.39 bits per heavy atom. The van der Waals surface area contributed by atoms with Crippen molar-refractivity contribution in [1.82, 2.24) is 9.55 Å².